The number of fused-ring (bicyclic) bond motifs is 1. The molecule has 1 aromatic heterocycles. The van der Waals surface area contributed by atoms with Crippen LogP contribution in [0, 0.1) is 0 Å². The molecule has 2 aliphatic rings. The molecule has 3 nitrogen and oxygen atoms in total. The van der Waals surface area contributed by atoms with E-state index in [1.54, 1.807) is 0 Å². The van der Waals surface area contributed by atoms with Crippen LogP contribution >= 0.6 is 0 Å². The minimum atomic E-state index is 0.743. The van der Waals surface area contributed by atoms with Crippen LogP contribution in [0.25, 0.3) is 0 Å². The molecule has 17 heavy (non-hydrogen) atoms. The van der Waals surface area contributed by atoms with E-state index < -0.39 is 0 Å². The summed E-state index contributed by atoms with van der Waals surface area (Å²) in [6.07, 6.45) is 7.88. The lowest BCUT2D eigenvalue weighted by Crippen LogP contribution is -2.25. The van der Waals surface area contributed by atoms with Gasteiger partial charge in [0.25, 0.3) is 0 Å². The van der Waals surface area contributed by atoms with E-state index in [-0.39, 0.29) is 0 Å². The van der Waals surface area contributed by atoms with Crippen molar-refractivity contribution in [2.75, 3.05) is 6.54 Å². The largest absolute Gasteiger partial charge is 0.331 e. The number of rotatable bonds is 3. The van der Waals surface area contributed by atoms with Crippen molar-refractivity contribution in [3.05, 3.63) is 17.2 Å². The molecule has 0 saturated heterocycles. The number of nitrogens with zero attached hydrogens (tertiary/aromatic N) is 2. The molecule has 0 atom stereocenters. The van der Waals surface area contributed by atoms with Crippen molar-refractivity contribution in [2.45, 2.75) is 64.5 Å². The molecule has 94 valence electrons. The highest BCUT2D eigenvalue weighted by atomic mass is 15.1. The van der Waals surface area contributed by atoms with Gasteiger partial charge in [-0.2, -0.15) is 0 Å². The van der Waals surface area contributed by atoms with E-state index in [1.165, 1.54) is 49.3 Å². The average Bonchev–Trinajstić information content (AvgIpc) is 2.97. The fraction of sp³-hybridized carbons (Fsp3) is 0.786. The zero-order valence-corrected chi connectivity index (χ0v) is 10.8. The molecular formula is C14H23N3. The highest BCUT2D eigenvalue weighted by Gasteiger charge is 2.26. The van der Waals surface area contributed by atoms with Gasteiger partial charge in [-0.25, -0.2) is 4.98 Å². The second kappa shape index (κ2) is 4.81. The van der Waals surface area contributed by atoms with Crippen molar-refractivity contribution < 1.29 is 0 Å². The van der Waals surface area contributed by atoms with Crippen LogP contribution < -0.4 is 5.32 Å². The van der Waals surface area contributed by atoms with Gasteiger partial charge in [-0.05, 0) is 19.3 Å². The number of nitrogens with one attached hydrogen (secondary N) is 1. The summed E-state index contributed by atoms with van der Waals surface area (Å²) >= 11 is 0. The Kier molecular flexibility index (Phi) is 3.19. The van der Waals surface area contributed by atoms with Crippen molar-refractivity contribution in [1.82, 2.24) is 14.9 Å². The molecule has 2 heterocycles. The number of aromatic nitrogens is 2. The quantitative estimate of drug-likeness (QED) is 0.869. The second-order valence-corrected chi connectivity index (χ2v) is 5.42. The maximum Gasteiger partial charge on any atom is 0.112 e. The molecule has 3 heteroatoms. The van der Waals surface area contributed by atoms with Gasteiger partial charge in [0.05, 0.1) is 5.69 Å². The molecule has 0 aromatic carbocycles. The normalized spacial score (nSPS) is 20.8. The predicted molar refractivity (Wildman–Crippen MR) is 69.1 cm³/mol. The fourth-order valence-corrected chi connectivity index (χ4v) is 3.36. The van der Waals surface area contributed by atoms with Gasteiger partial charge in [0.2, 0.25) is 0 Å². The van der Waals surface area contributed by atoms with Gasteiger partial charge in [0.1, 0.15) is 5.82 Å². The molecule has 0 spiro atoms. The van der Waals surface area contributed by atoms with Gasteiger partial charge in [0.15, 0.2) is 0 Å². The zero-order chi connectivity index (χ0) is 11.7. The first-order valence-corrected chi connectivity index (χ1v) is 7.19. The Morgan fingerprint density at radius 3 is 2.94 bits per heavy atom. The van der Waals surface area contributed by atoms with Crippen LogP contribution in [0.4, 0.5) is 0 Å². The van der Waals surface area contributed by atoms with Crippen LogP contribution in [0.3, 0.4) is 0 Å². The third-order valence-electron chi connectivity index (χ3n) is 4.18. The first kappa shape index (κ1) is 11.3. The van der Waals surface area contributed by atoms with Gasteiger partial charge in [-0.15, -0.1) is 0 Å². The maximum absolute atomic E-state index is 4.95. The Morgan fingerprint density at radius 2 is 2.18 bits per heavy atom. The summed E-state index contributed by atoms with van der Waals surface area (Å²) in [6.45, 7) is 5.53. The Hall–Kier alpha value is -0.830. The summed E-state index contributed by atoms with van der Waals surface area (Å²) in [5.74, 6) is 2.14. The molecule has 1 N–H and O–H groups in total. The first-order valence-electron chi connectivity index (χ1n) is 7.19. The van der Waals surface area contributed by atoms with Crippen LogP contribution in [0.2, 0.25) is 0 Å². The summed E-state index contributed by atoms with van der Waals surface area (Å²) in [5.41, 5.74) is 2.85. The Labute approximate surface area is 104 Å². The molecular weight excluding hydrogens is 210 g/mol. The maximum atomic E-state index is 4.95. The van der Waals surface area contributed by atoms with Crippen molar-refractivity contribution in [1.29, 1.82) is 0 Å². The molecule has 1 fully saturated rings. The minimum Gasteiger partial charge on any atom is -0.331 e. The van der Waals surface area contributed by atoms with Crippen molar-refractivity contribution in [3.63, 3.8) is 0 Å². The van der Waals surface area contributed by atoms with E-state index in [1.807, 2.05) is 0 Å². The van der Waals surface area contributed by atoms with Gasteiger partial charge in [-0.3, -0.25) is 0 Å². The van der Waals surface area contributed by atoms with E-state index in [0.29, 0.717) is 0 Å². The third kappa shape index (κ3) is 2.01. The van der Waals surface area contributed by atoms with E-state index >= 15 is 0 Å². The van der Waals surface area contributed by atoms with E-state index in [0.717, 1.165) is 32.0 Å². The molecule has 0 bridgehead atoms. The van der Waals surface area contributed by atoms with Crippen LogP contribution in [-0.2, 0) is 19.5 Å². The van der Waals surface area contributed by atoms with Crippen molar-refractivity contribution in [3.8, 4) is 0 Å². The lowest BCUT2D eigenvalue weighted by molar-refractivity contribution is 0.545. The number of imidazole rings is 1. The Balaban J connectivity index is 1.97. The van der Waals surface area contributed by atoms with Crippen molar-refractivity contribution in [2.24, 2.45) is 0 Å². The molecule has 0 unspecified atom stereocenters. The van der Waals surface area contributed by atoms with Crippen LogP contribution in [0.1, 0.15) is 62.2 Å². The summed E-state index contributed by atoms with van der Waals surface area (Å²) in [7, 11) is 0. The van der Waals surface area contributed by atoms with Crippen LogP contribution in [0.15, 0.2) is 0 Å². The van der Waals surface area contributed by atoms with Gasteiger partial charge in [0, 0.05) is 37.7 Å². The zero-order valence-electron chi connectivity index (χ0n) is 10.8. The summed E-state index contributed by atoms with van der Waals surface area (Å²) in [6, 6.07) is 0. The second-order valence-electron chi connectivity index (χ2n) is 5.42. The summed E-state index contributed by atoms with van der Waals surface area (Å²) in [4.78, 5) is 4.95. The number of hydrogen-bond donors (Lipinski definition) is 1. The fourth-order valence-electron chi connectivity index (χ4n) is 3.36. The minimum absolute atomic E-state index is 0.743. The van der Waals surface area contributed by atoms with Crippen LogP contribution in [0.5, 0.6) is 0 Å². The molecule has 1 aliphatic carbocycles. The molecule has 1 aromatic rings. The smallest absolute Gasteiger partial charge is 0.112 e. The molecule has 1 aliphatic heterocycles. The van der Waals surface area contributed by atoms with Crippen LogP contribution in [-0.4, -0.2) is 16.1 Å². The molecule has 0 amide bonds. The Bertz CT molecular complexity index is 388. The van der Waals surface area contributed by atoms with Gasteiger partial charge < -0.3 is 9.88 Å². The summed E-state index contributed by atoms with van der Waals surface area (Å²) in [5, 5.41) is 3.44. The number of hydrogen-bond acceptors (Lipinski definition) is 2. The topological polar surface area (TPSA) is 29.9 Å². The predicted octanol–water partition coefficient (Wildman–Crippen LogP) is 2.60. The third-order valence-corrected chi connectivity index (χ3v) is 4.18. The van der Waals surface area contributed by atoms with E-state index in [4.69, 9.17) is 4.98 Å². The Morgan fingerprint density at radius 1 is 1.35 bits per heavy atom. The summed E-state index contributed by atoms with van der Waals surface area (Å²) < 4.78 is 2.55. The SMILES string of the molecule is CCCn1c(C2CCCC2)nc2c1CCNC2. The van der Waals surface area contributed by atoms with E-state index in [2.05, 4.69) is 16.8 Å². The van der Waals surface area contributed by atoms with Gasteiger partial charge >= 0.3 is 0 Å². The highest BCUT2D eigenvalue weighted by molar-refractivity contribution is 5.22. The monoisotopic (exact) mass is 233 g/mol. The lowest BCUT2D eigenvalue weighted by Gasteiger charge is -2.17. The molecule has 1 saturated carbocycles. The molecule has 0 radical (unpaired) electrons. The molecule has 3 rings (SSSR count). The first-order chi connectivity index (χ1) is 8.40. The van der Waals surface area contributed by atoms with E-state index in [9.17, 15) is 0 Å². The lowest BCUT2D eigenvalue weighted by atomic mass is 10.1. The standard InChI is InChI=1S/C14H23N3/c1-2-9-17-13-7-8-15-10-12(13)16-14(17)11-5-3-4-6-11/h11,15H,2-10H2,1H3. The van der Waals surface area contributed by atoms with Crippen molar-refractivity contribution >= 4 is 0 Å². The average molecular weight is 233 g/mol. The highest BCUT2D eigenvalue weighted by Crippen LogP contribution is 2.35. The van der Waals surface area contributed by atoms with Gasteiger partial charge in [-0.1, -0.05) is 19.8 Å².